The zero-order chi connectivity index (χ0) is 21.7. The Hall–Kier alpha value is -3.50. The molecule has 154 valence electrons. The Morgan fingerprint density at radius 3 is 2.84 bits per heavy atom. The number of rotatable bonds is 2. The van der Waals surface area contributed by atoms with Crippen LogP contribution in [0.5, 0.6) is 0 Å². The first-order valence-electron chi connectivity index (χ1n) is 9.72. The molecule has 2 aromatic heterocycles. The monoisotopic (exact) mass is 435 g/mol. The molecule has 0 fully saturated rings. The topological polar surface area (TPSA) is 68.6 Å². The molecule has 5 rings (SSSR count). The molecule has 1 unspecified atom stereocenters. The number of benzene rings is 2. The first kappa shape index (κ1) is 19.5. The lowest BCUT2D eigenvalue weighted by Crippen LogP contribution is -2.38. The highest BCUT2D eigenvalue weighted by Crippen LogP contribution is 2.41. The number of aromatic nitrogens is 3. The van der Waals surface area contributed by atoms with Gasteiger partial charge in [-0.25, -0.2) is 18.7 Å². The van der Waals surface area contributed by atoms with E-state index in [2.05, 4.69) is 15.0 Å². The van der Waals surface area contributed by atoms with Crippen LogP contribution in [0.25, 0.3) is 10.9 Å². The lowest BCUT2D eigenvalue weighted by molar-refractivity contribution is 0.481. The second-order valence-corrected chi connectivity index (χ2v) is 7.94. The Balaban J connectivity index is 1.76. The molecule has 1 aliphatic heterocycles. The zero-order valence-corrected chi connectivity index (χ0v) is 17.2. The second-order valence-electron chi connectivity index (χ2n) is 7.51. The van der Waals surface area contributed by atoms with Crippen LogP contribution < -0.4 is 4.90 Å². The molecular weight excluding hydrogens is 420 g/mol. The first-order chi connectivity index (χ1) is 15.0. The Morgan fingerprint density at radius 2 is 2.03 bits per heavy atom. The number of fused-ring (bicyclic) bond motifs is 3. The minimum absolute atomic E-state index is 0.174. The van der Waals surface area contributed by atoms with Crippen molar-refractivity contribution in [2.75, 3.05) is 11.4 Å². The fourth-order valence-corrected chi connectivity index (χ4v) is 4.39. The van der Waals surface area contributed by atoms with Gasteiger partial charge in [0, 0.05) is 39.9 Å². The standard InChI is InChI=1S/C23H16ClF2N5/c1-12-2-4-16(20(26)19(12)25)22-21-15(17-10-13(24)3-5-18(17)30-21)7-9-31(22)23-28-8-6-14(11-27)29-23/h2-6,8,10,22,30H,7,9H2,1H3. The fourth-order valence-electron chi connectivity index (χ4n) is 4.22. The Morgan fingerprint density at radius 1 is 1.19 bits per heavy atom. The molecule has 0 amide bonds. The zero-order valence-electron chi connectivity index (χ0n) is 16.5. The minimum Gasteiger partial charge on any atom is -0.356 e. The van der Waals surface area contributed by atoms with Crippen molar-refractivity contribution in [1.29, 1.82) is 5.26 Å². The number of nitrogens with one attached hydrogen (secondary N) is 1. The number of hydrogen-bond donors (Lipinski definition) is 1. The number of nitrogens with zero attached hydrogens (tertiary/aromatic N) is 4. The van der Waals surface area contributed by atoms with Gasteiger partial charge in [-0.3, -0.25) is 0 Å². The summed E-state index contributed by atoms with van der Waals surface area (Å²) in [5.41, 5.74) is 3.20. The third-order valence-electron chi connectivity index (χ3n) is 5.70. The second kappa shape index (κ2) is 7.33. The van der Waals surface area contributed by atoms with Crippen LogP contribution in [0, 0.1) is 29.9 Å². The quantitative estimate of drug-likeness (QED) is 0.468. The molecule has 1 N–H and O–H groups in total. The molecule has 4 aromatic rings. The predicted octanol–water partition coefficient (Wildman–Crippen LogP) is 5.22. The number of H-pyrrole nitrogens is 1. The molecule has 0 saturated heterocycles. The van der Waals surface area contributed by atoms with Crippen LogP contribution >= 0.6 is 11.6 Å². The number of halogens is 3. The number of aromatic amines is 1. The van der Waals surface area contributed by atoms with Crippen molar-refractivity contribution in [3.05, 3.63) is 87.3 Å². The maximum atomic E-state index is 15.2. The summed E-state index contributed by atoms with van der Waals surface area (Å²) in [7, 11) is 0. The van der Waals surface area contributed by atoms with Crippen LogP contribution in [0.2, 0.25) is 5.02 Å². The summed E-state index contributed by atoms with van der Waals surface area (Å²) >= 11 is 6.21. The lowest BCUT2D eigenvalue weighted by Gasteiger charge is -2.36. The average molecular weight is 436 g/mol. The van der Waals surface area contributed by atoms with Crippen molar-refractivity contribution in [3.63, 3.8) is 0 Å². The summed E-state index contributed by atoms with van der Waals surface area (Å²) in [5.74, 6) is -1.50. The largest absolute Gasteiger partial charge is 0.356 e. The van der Waals surface area contributed by atoms with Crippen molar-refractivity contribution >= 4 is 28.5 Å². The average Bonchev–Trinajstić information content (AvgIpc) is 3.15. The Kier molecular flexibility index (Phi) is 4.60. The molecule has 5 nitrogen and oxygen atoms in total. The number of nitriles is 1. The molecule has 1 aliphatic rings. The van der Waals surface area contributed by atoms with Crippen LogP contribution in [-0.2, 0) is 6.42 Å². The van der Waals surface area contributed by atoms with Crippen LogP contribution in [0.3, 0.4) is 0 Å². The number of aryl methyl sites for hydroxylation is 1. The van der Waals surface area contributed by atoms with Crippen molar-refractivity contribution in [1.82, 2.24) is 15.0 Å². The van der Waals surface area contributed by atoms with Crippen LogP contribution in [0.15, 0.2) is 42.6 Å². The molecule has 8 heteroatoms. The fraction of sp³-hybridized carbons (Fsp3) is 0.174. The summed E-state index contributed by atoms with van der Waals surface area (Å²) in [6, 6.07) is 11.5. The highest BCUT2D eigenvalue weighted by molar-refractivity contribution is 6.31. The predicted molar refractivity (Wildman–Crippen MR) is 114 cm³/mol. The normalized spacial score (nSPS) is 15.7. The van der Waals surface area contributed by atoms with E-state index in [1.807, 2.05) is 18.2 Å². The SMILES string of the molecule is Cc1ccc(C2c3[nH]c4ccc(Cl)cc4c3CCN2c2nccc(C#N)n2)c(F)c1F. The van der Waals surface area contributed by atoms with Crippen LogP contribution in [-0.4, -0.2) is 21.5 Å². The van der Waals surface area contributed by atoms with Gasteiger partial charge in [-0.05, 0) is 48.7 Å². The van der Waals surface area contributed by atoms with Gasteiger partial charge >= 0.3 is 0 Å². The Labute approximate surface area is 181 Å². The van der Waals surface area contributed by atoms with Gasteiger partial charge in [-0.1, -0.05) is 23.7 Å². The maximum Gasteiger partial charge on any atom is 0.227 e. The van der Waals surface area contributed by atoms with E-state index in [1.165, 1.54) is 19.2 Å². The molecule has 0 spiro atoms. The molecule has 0 saturated carbocycles. The van der Waals surface area contributed by atoms with Gasteiger partial charge in [0.15, 0.2) is 11.6 Å². The van der Waals surface area contributed by atoms with E-state index in [4.69, 9.17) is 11.6 Å². The third-order valence-corrected chi connectivity index (χ3v) is 5.94. The molecule has 1 atom stereocenters. The molecule has 0 aliphatic carbocycles. The lowest BCUT2D eigenvalue weighted by atomic mass is 9.91. The van der Waals surface area contributed by atoms with E-state index in [1.54, 1.807) is 23.1 Å². The summed E-state index contributed by atoms with van der Waals surface area (Å²) in [6.07, 6.45) is 2.12. The van der Waals surface area contributed by atoms with E-state index in [-0.39, 0.29) is 22.8 Å². The van der Waals surface area contributed by atoms with Crippen molar-refractivity contribution < 1.29 is 8.78 Å². The van der Waals surface area contributed by atoms with E-state index < -0.39 is 17.7 Å². The van der Waals surface area contributed by atoms with Crippen molar-refractivity contribution in [2.24, 2.45) is 0 Å². The summed E-state index contributed by atoms with van der Waals surface area (Å²) in [4.78, 5) is 13.8. The van der Waals surface area contributed by atoms with Gasteiger partial charge in [0.05, 0.1) is 0 Å². The summed E-state index contributed by atoms with van der Waals surface area (Å²) in [5, 5.41) is 10.8. The molecule has 3 heterocycles. The van der Waals surface area contributed by atoms with Crippen LogP contribution in [0.4, 0.5) is 14.7 Å². The van der Waals surface area contributed by atoms with Gasteiger partial charge in [0.25, 0.3) is 0 Å². The molecule has 0 bridgehead atoms. The number of anilines is 1. The van der Waals surface area contributed by atoms with Gasteiger partial charge in [0.1, 0.15) is 17.8 Å². The smallest absolute Gasteiger partial charge is 0.227 e. The highest BCUT2D eigenvalue weighted by atomic mass is 35.5. The highest BCUT2D eigenvalue weighted by Gasteiger charge is 2.35. The first-order valence-corrected chi connectivity index (χ1v) is 10.1. The van der Waals surface area contributed by atoms with E-state index >= 15 is 4.39 Å². The summed E-state index contributed by atoms with van der Waals surface area (Å²) < 4.78 is 29.7. The van der Waals surface area contributed by atoms with Gasteiger partial charge in [0.2, 0.25) is 5.95 Å². The third kappa shape index (κ3) is 3.11. The van der Waals surface area contributed by atoms with Gasteiger partial charge < -0.3 is 9.88 Å². The van der Waals surface area contributed by atoms with Crippen molar-refractivity contribution in [3.8, 4) is 6.07 Å². The maximum absolute atomic E-state index is 15.2. The molecule has 31 heavy (non-hydrogen) atoms. The van der Waals surface area contributed by atoms with E-state index in [9.17, 15) is 9.65 Å². The number of hydrogen-bond acceptors (Lipinski definition) is 4. The minimum atomic E-state index is -0.907. The molecule has 2 aromatic carbocycles. The van der Waals surface area contributed by atoms with Crippen LogP contribution in [0.1, 0.15) is 34.1 Å². The van der Waals surface area contributed by atoms with E-state index in [0.29, 0.717) is 18.0 Å². The molecule has 0 radical (unpaired) electrons. The summed E-state index contributed by atoms with van der Waals surface area (Å²) in [6.45, 7) is 1.98. The Bertz CT molecular complexity index is 1370. The van der Waals surface area contributed by atoms with Crippen molar-refractivity contribution in [2.45, 2.75) is 19.4 Å². The van der Waals surface area contributed by atoms with Gasteiger partial charge in [-0.15, -0.1) is 0 Å². The molecular formula is C23H16ClF2N5. The van der Waals surface area contributed by atoms with E-state index in [0.717, 1.165) is 22.2 Å². The van der Waals surface area contributed by atoms with Gasteiger partial charge in [-0.2, -0.15) is 5.26 Å².